The Kier molecular flexibility index (Phi) is 4.23. The zero-order valence-corrected chi connectivity index (χ0v) is 9.23. The van der Waals surface area contributed by atoms with Crippen LogP contribution in [0.2, 0.25) is 10.0 Å². The number of methoxy groups -OCH3 is 1. The zero-order chi connectivity index (χ0) is 10.6. The number of hydrogen-bond acceptors (Lipinski definition) is 2. The van der Waals surface area contributed by atoms with Crippen LogP contribution in [0.1, 0.15) is 12.0 Å². The standard InChI is InChI=1S/C10H10Cl2O2/c1-14-10(13)6-5-7-8(11)3-2-4-9(7)12/h2-4H,5-6H2,1H3. The van der Waals surface area contributed by atoms with E-state index in [1.54, 1.807) is 18.2 Å². The second-order valence-electron chi connectivity index (χ2n) is 2.78. The predicted octanol–water partition coefficient (Wildman–Crippen LogP) is 3.10. The molecule has 0 atom stereocenters. The fourth-order valence-corrected chi connectivity index (χ4v) is 1.69. The van der Waals surface area contributed by atoms with Crippen molar-refractivity contribution in [2.75, 3.05) is 7.11 Å². The lowest BCUT2D eigenvalue weighted by Crippen LogP contribution is -2.02. The maximum absolute atomic E-state index is 10.9. The average molecular weight is 233 g/mol. The lowest BCUT2D eigenvalue weighted by Gasteiger charge is -2.05. The van der Waals surface area contributed by atoms with Crippen molar-refractivity contribution in [3.63, 3.8) is 0 Å². The van der Waals surface area contributed by atoms with Crippen LogP contribution in [-0.2, 0) is 16.0 Å². The number of halogens is 2. The second kappa shape index (κ2) is 5.23. The maximum Gasteiger partial charge on any atom is 0.305 e. The minimum Gasteiger partial charge on any atom is -0.469 e. The van der Waals surface area contributed by atoms with Crippen LogP contribution < -0.4 is 0 Å². The molecule has 1 aromatic rings. The molecule has 76 valence electrons. The molecule has 0 radical (unpaired) electrons. The monoisotopic (exact) mass is 232 g/mol. The van der Waals surface area contributed by atoms with Gasteiger partial charge in [0, 0.05) is 16.5 Å². The van der Waals surface area contributed by atoms with Gasteiger partial charge >= 0.3 is 5.97 Å². The first kappa shape index (κ1) is 11.3. The highest BCUT2D eigenvalue weighted by Gasteiger charge is 2.08. The van der Waals surface area contributed by atoms with E-state index in [-0.39, 0.29) is 5.97 Å². The number of benzene rings is 1. The molecule has 0 aromatic heterocycles. The fourth-order valence-electron chi connectivity index (χ4n) is 1.10. The van der Waals surface area contributed by atoms with Crippen LogP contribution in [0.15, 0.2) is 18.2 Å². The summed E-state index contributed by atoms with van der Waals surface area (Å²) in [7, 11) is 1.36. The molecule has 1 aromatic carbocycles. The zero-order valence-electron chi connectivity index (χ0n) is 7.72. The van der Waals surface area contributed by atoms with Gasteiger partial charge in [-0.15, -0.1) is 0 Å². The van der Waals surface area contributed by atoms with Crippen molar-refractivity contribution in [3.8, 4) is 0 Å². The summed E-state index contributed by atoms with van der Waals surface area (Å²) in [6.07, 6.45) is 0.797. The summed E-state index contributed by atoms with van der Waals surface area (Å²) in [6.45, 7) is 0. The van der Waals surface area contributed by atoms with Crippen molar-refractivity contribution in [1.82, 2.24) is 0 Å². The summed E-state index contributed by atoms with van der Waals surface area (Å²) in [6, 6.07) is 5.27. The van der Waals surface area contributed by atoms with Crippen LogP contribution in [0.4, 0.5) is 0 Å². The number of esters is 1. The molecule has 0 aliphatic carbocycles. The highest BCUT2D eigenvalue weighted by molar-refractivity contribution is 6.36. The van der Waals surface area contributed by atoms with E-state index in [9.17, 15) is 4.79 Å². The molecule has 0 saturated carbocycles. The first-order valence-electron chi connectivity index (χ1n) is 4.15. The molecule has 1 rings (SSSR count). The Morgan fingerprint density at radius 1 is 1.36 bits per heavy atom. The largest absolute Gasteiger partial charge is 0.469 e. The van der Waals surface area contributed by atoms with E-state index in [2.05, 4.69) is 4.74 Å². The summed E-state index contributed by atoms with van der Waals surface area (Å²) >= 11 is 11.8. The number of rotatable bonds is 3. The third-order valence-electron chi connectivity index (χ3n) is 1.87. The van der Waals surface area contributed by atoms with E-state index in [0.717, 1.165) is 5.56 Å². The highest BCUT2D eigenvalue weighted by Crippen LogP contribution is 2.25. The lowest BCUT2D eigenvalue weighted by molar-refractivity contribution is -0.140. The van der Waals surface area contributed by atoms with Crippen LogP contribution in [0.5, 0.6) is 0 Å². The van der Waals surface area contributed by atoms with Gasteiger partial charge in [0.2, 0.25) is 0 Å². The van der Waals surface area contributed by atoms with Gasteiger partial charge in [0.15, 0.2) is 0 Å². The SMILES string of the molecule is COC(=O)CCc1c(Cl)cccc1Cl. The summed E-state index contributed by atoms with van der Waals surface area (Å²) in [5.74, 6) is -0.263. The molecule has 0 saturated heterocycles. The van der Waals surface area contributed by atoms with Crippen molar-refractivity contribution >= 4 is 29.2 Å². The molecule has 0 spiro atoms. The normalized spacial score (nSPS) is 9.93. The van der Waals surface area contributed by atoms with Crippen LogP contribution in [0.3, 0.4) is 0 Å². The fraction of sp³-hybridized carbons (Fsp3) is 0.300. The molecule has 0 aliphatic heterocycles. The number of hydrogen-bond donors (Lipinski definition) is 0. The lowest BCUT2D eigenvalue weighted by atomic mass is 10.1. The van der Waals surface area contributed by atoms with Crippen molar-refractivity contribution < 1.29 is 9.53 Å². The van der Waals surface area contributed by atoms with E-state index in [1.165, 1.54) is 7.11 Å². The first-order valence-corrected chi connectivity index (χ1v) is 4.90. The molecule has 2 nitrogen and oxygen atoms in total. The molecular formula is C10H10Cl2O2. The van der Waals surface area contributed by atoms with Gasteiger partial charge in [-0.1, -0.05) is 29.3 Å². The summed E-state index contributed by atoms with van der Waals surface area (Å²) in [5.41, 5.74) is 0.793. The van der Waals surface area contributed by atoms with Gasteiger partial charge in [0.1, 0.15) is 0 Å². The Morgan fingerprint density at radius 3 is 2.43 bits per heavy atom. The molecular weight excluding hydrogens is 223 g/mol. The van der Waals surface area contributed by atoms with Gasteiger partial charge < -0.3 is 4.74 Å². The Labute approximate surface area is 92.8 Å². The van der Waals surface area contributed by atoms with Crippen molar-refractivity contribution in [3.05, 3.63) is 33.8 Å². The highest BCUT2D eigenvalue weighted by atomic mass is 35.5. The third-order valence-corrected chi connectivity index (χ3v) is 2.58. The van der Waals surface area contributed by atoms with Gasteiger partial charge in [-0.3, -0.25) is 4.79 Å². The summed E-state index contributed by atoms with van der Waals surface area (Å²) in [4.78, 5) is 10.9. The van der Waals surface area contributed by atoms with Crippen LogP contribution in [-0.4, -0.2) is 13.1 Å². The first-order chi connectivity index (χ1) is 6.65. The topological polar surface area (TPSA) is 26.3 Å². The van der Waals surface area contributed by atoms with E-state index < -0.39 is 0 Å². The molecule has 0 N–H and O–H groups in total. The van der Waals surface area contributed by atoms with Gasteiger partial charge in [0.05, 0.1) is 7.11 Å². The molecule has 0 bridgehead atoms. The summed E-state index contributed by atoms with van der Waals surface area (Å²) < 4.78 is 4.53. The van der Waals surface area contributed by atoms with Crippen molar-refractivity contribution in [2.45, 2.75) is 12.8 Å². The Bertz CT molecular complexity index is 317. The van der Waals surface area contributed by atoms with Crippen molar-refractivity contribution in [1.29, 1.82) is 0 Å². The maximum atomic E-state index is 10.9. The number of ether oxygens (including phenoxy) is 1. The van der Waals surface area contributed by atoms with E-state index in [4.69, 9.17) is 23.2 Å². The molecule has 0 unspecified atom stereocenters. The Balaban J connectivity index is 2.71. The van der Waals surface area contributed by atoms with E-state index in [0.29, 0.717) is 22.9 Å². The van der Waals surface area contributed by atoms with E-state index in [1.807, 2.05) is 0 Å². The molecule has 14 heavy (non-hydrogen) atoms. The minimum atomic E-state index is -0.263. The molecule has 0 amide bonds. The summed E-state index contributed by atoms with van der Waals surface area (Å²) in [5, 5.41) is 1.17. The van der Waals surface area contributed by atoms with Crippen LogP contribution in [0.25, 0.3) is 0 Å². The Hall–Kier alpha value is -0.730. The smallest absolute Gasteiger partial charge is 0.305 e. The second-order valence-corrected chi connectivity index (χ2v) is 3.59. The minimum absolute atomic E-state index is 0.263. The number of carbonyl (C=O) groups excluding carboxylic acids is 1. The third kappa shape index (κ3) is 2.89. The van der Waals surface area contributed by atoms with Gasteiger partial charge in [0.25, 0.3) is 0 Å². The van der Waals surface area contributed by atoms with Crippen LogP contribution in [0, 0.1) is 0 Å². The van der Waals surface area contributed by atoms with Gasteiger partial charge in [-0.05, 0) is 24.1 Å². The van der Waals surface area contributed by atoms with Gasteiger partial charge in [-0.2, -0.15) is 0 Å². The molecule has 0 heterocycles. The van der Waals surface area contributed by atoms with Gasteiger partial charge in [-0.25, -0.2) is 0 Å². The quantitative estimate of drug-likeness (QED) is 0.750. The van der Waals surface area contributed by atoms with Crippen LogP contribution >= 0.6 is 23.2 Å². The number of carbonyl (C=O) groups is 1. The predicted molar refractivity (Wildman–Crippen MR) is 56.8 cm³/mol. The van der Waals surface area contributed by atoms with E-state index >= 15 is 0 Å². The molecule has 0 aliphatic rings. The average Bonchev–Trinajstić information content (AvgIpc) is 2.16. The molecule has 0 fully saturated rings. The Morgan fingerprint density at radius 2 is 1.93 bits per heavy atom. The van der Waals surface area contributed by atoms with Crippen molar-refractivity contribution in [2.24, 2.45) is 0 Å². The molecule has 4 heteroatoms.